The van der Waals surface area contributed by atoms with E-state index in [4.69, 9.17) is 0 Å². The third-order valence-corrected chi connectivity index (χ3v) is 6.47. The van der Waals surface area contributed by atoms with Gasteiger partial charge in [-0.25, -0.2) is 0 Å². The average molecular weight is 402 g/mol. The Bertz CT molecular complexity index is 864. The van der Waals surface area contributed by atoms with Gasteiger partial charge in [0.15, 0.2) is 0 Å². The molecule has 0 atom stereocenters. The van der Waals surface area contributed by atoms with Crippen LogP contribution >= 0.6 is 11.8 Å². The van der Waals surface area contributed by atoms with E-state index in [0.717, 1.165) is 11.1 Å². The molecule has 4 heteroatoms. The Kier molecular flexibility index (Phi) is 4.82. The van der Waals surface area contributed by atoms with Gasteiger partial charge in [-0.15, -0.1) is 0 Å². The Balaban J connectivity index is 1.92. The Morgan fingerprint density at radius 2 is 1.67 bits per heavy atom. The summed E-state index contributed by atoms with van der Waals surface area (Å²) in [6, 6.07) is 0. The maximum atomic E-state index is 12.4. The molecule has 24 heavy (non-hydrogen) atoms. The van der Waals surface area contributed by atoms with Crippen LogP contribution < -0.4 is 0 Å². The van der Waals surface area contributed by atoms with Gasteiger partial charge in [0.2, 0.25) is 0 Å². The van der Waals surface area contributed by atoms with Gasteiger partial charge in [-0.05, 0) is 0 Å². The number of carbonyl (C=O) groups is 1. The first-order chi connectivity index (χ1) is 11.3. The number of aliphatic hydroxyl groups excluding tert-OH is 1. The van der Waals surface area contributed by atoms with Crippen molar-refractivity contribution in [1.82, 2.24) is 0 Å². The van der Waals surface area contributed by atoms with Crippen molar-refractivity contribution in [2.75, 3.05) is 0 Å². The van der Waals surface area contributed by atoms with Crippen LogP contribution in [0.15, 0.2) is 78.8 Å². The first-order valence-electron chi connectivity index (χ1n) is 7.71. The van der Waals surface area contributed by atoms with E-state index in [9.17, 15) is 9.90 Å². The molecule has 3 aliphatic rings. The minimum absolute atomic E-state index is 0.0870. The van der Waals surface area contributed by atoms with Gasteiger partial charge in [0.05, 0.1) is 0 Å². The molecule has 1 radical (unpaired) electrons. The fourth-order valence-electron chi connectivity index (χ4n) is 2.86. The van der Waals surface area contributed by atoms with Crippen LogP contribution in [-0.2, 0) is 4.79 Å². The Morgan fingerprint density at radius 1 is 1.00 bits per heavy atom. The van der Waals surface area contributed by atoms with Crippen LogP contribution in [-0.4, -0.2) is 29.8 Å². The minimum atomic E-state index is -0.0870. The zero-order valence-corrected chi connectivity index (χ0v) is 16.7. The molecule has 123 valence electrons. The van der Waals surface area contributed by atoms with Crippen molar-refractivity contribution >= 4 is 36.5 Å². The quantitative estimate of drug-likeness (QED) is 0.545. The third-order valence-electron chi connectivity index (χ3n) is 3.75. The van der Waals surface area contributed by atoms with Crippen molar-refractivity contribution in [3.05, 3.63) is 78.8 Å². The van der Waals surface area contributed by atoms with Crippen molar-refractivity contribution in [3.63, 3.8) is 0 Å². The number of hydrogen-bond donors (Lipinski definition) is 1. The molecule has 0 unspecified atom stereocenters. The second kappa shape index (κ2) is 6.72. The first kappa shape index (κ1) is 17.2. The van der Waals surface area contributed by atoms with Gasteiger partial charge in [-0.2, -0.15) is 0 Å². The summed E-state index contributed by atoms with van der Waals surface area (Å²) in [4.78, 5) is 14.8. The number of rotatable bonds is 2. The Labute approximate surface area is 152 Å². The van der Waals surface area contributed by atoms with Crippen LogP contribution in [0.2, 0.25) is 0 Å². The summed E-state index contributed by atoms with van der Waals surface area (Å²) in [5, 5.41) is 10.3. The van der Waals surface area contributed by atoms with Gasteiger partial charge in [0.25, 0.3) is 0 Å². The summed E-state index contributed by atoms with van der Waals surface area (Å²) in [5.41, 5.74) is 2.75. The number of aliphatic hydroxyl groups is 1. The van der Waals surface area contributed by atoms with E-state index in [2.05, 4.69) is 26.0 Å². The number of Topliss-reactive ketones (excluding diaryl/α,β-unsaturated/α-hetero) is 1. The van der Waals surface area contributed by atoms with Crippen LogP contribution in [0.4, 0.5) is 0 Å². The predicted octanol–water partition coefficient (Wildman–Crippen LogP) is 4.53. The SMILES string of the molecule is CC1=CC(=CC2=C(O)C(=CC3=CC(C)=[Se]C(C)=C3)C2=O)C=C(C)S1. The molecule has 0 aromatic carbocycles. The van der Waals surface area contributed by atoms with Crippen molar-refractivity contribution in [2.45, 2.75) is 27.7 Å². The monoisotopic (exact) mass is 403 g/mol. The third kappa shape index (κ3) is 3.56. The molecule has 0 saturated heterocycles. The molecule has 0 aromatic rings. The molecule has 0 amide bonds. The summed E-state index contributed by atoms with van der Waals surface area (Å²) in [7, 11) is 0. The molecule has 0 aromatic heterocycles. The average Bonchev–Trinajstić information content (AvgIpc) is 2.48. The molecular formula is C20H19O2SSe. The number of allylic oxidation sites excluding steroid dienone is 13. The molecule has 1 aliphatic carbocycles. The molecule has 1 N–H and O–H groups in total. The van der Waals surface area contributed by atoms with Gasteiger partial charge in [-0.1, -0.05) is 0 Å². The zero-order valence-electron chi connectivity index (χ0n) is 14.1. The second-order valence-corrected chi connectivity index (χ2v) is 10.6. The van der Waals surface area contributed by atoms with Gasteiger partial charge < -0.3 is 0 Å². The molecule has 2 nitrogen and oxygen atoms in total. The van der Waals surface area contributed by atoms with Crippen molar-refractivity contribution in [3.8, 4) is 0 Å². The molecule has 0 spiro atoms. The van der Waals surface area contributed by atoms with E-state index >= 15 is 0 Å². The number of thioether (sulfide) groups is 1. The van der Waals surface area contributed by atoms with E-state index in [1.54, 1.807) is 23.9 Å². The fraction of sp³-hybridized carbons (Fsp3) is 0.200. The number of hydrogen-bond acceptors (Lipinski definition) is 3. The van der Waals surface area contributed by atoms with E-state index in [0.29, 0.717) is 25.7 Å². The van der Waals surface area contributed by atoms with E-state index in [1.165, 1.54) is 18.7 Å². The molecular weight excluding hydrogens is 383 g/mol. The van der Waals surface area contributed by atoms with Crippen LogP contribution in [0, 0.1) is 0 Å². The standard InChI is InChI=1S/C20H19O2SSe/c1-11-5-15(6-12(2)23-11)9-17-19(21)18(20(17)22)10-16-7-13(3)24-14(4)8-16/h5-10,21H,1-4H3. The molecule has 3 rings (SSSR count). The Morgan fingerprint density at radius 3 is 2.25 bits per heavy atom. The van der Waals surface area contributed by atoms with Gasteiger partial charge in [0, 0.05) is 0 Å². The van der Waals surface area contributed by atoms with Crippen LogP contribution in [0.25, 0.3) is 0 Å². The zero-order chi connectivity index (χ0) is 17.4. The van der Waals surface area contributed by atoms with E-state index in [1.807, 2.05) is 26.0 Å². The summed E-state index contributed by atoms with van der Waals surface area (Å²) in [6.07, 6.45) is 11.8. The van der Waals surface area contributed by atoms with Crippen LogP contribution in [0.1, 0.15) is 27.7 Å². The van der Waals surface area contributed by atoms with Gasteiger partial charge in [-0.3, -0.25) is 0 Å². The molecule has 2 aliphatic heterocycles. The van der Waals surface area contributed by atoms with E-state index < -0.39 is 0 Å². The molecule has 2 heterocycles. The van der Waals surface area contributed by atoms with E-state index in [-0.39, 0.29) is 11.5 Å². The Hall–Kier alpha value is -1.61. The number of ketones is 1. The maximum absolute atomic E-state index is 12.4. The topological polar surface area (TPSA) is 37.3 Å². The number of carbonyl (C=O) groups excluding carboxylic acids is 1. The van der Waals surface area contributed by atoms with Crippen molar-refractivity contribution < 1.29 is 9.90 Å². The van der Waals surface area contributed by atoms with Gasteiger partial charge in [0.1, 0.15) is 0 Å². The van der Waals surface area contributed by atoms with Gasteiger partial charge >= 0.3 is 153 Å². The van der Waals surface area contributed by atoms with Crippen LogP contribution in [0.3, 0.4) is 0 Å². The van der Waals surface area contributed by atoms with Crippen molar-refractivity contribution in [1.29, 1.82) is 0 Å². The summed E-state index contributed by atoms with van der Waals surface area (Å²) in [6.45, 7) is 8.30. The normalized spacial score (nSPS) is 22.5. The summed E-state index contributed by atoms with van der Waals surface area (Å²) >= 11 is 2.12. The summed E-state index contributed by atoms with van der Waals surface area (Å²) < 4.78 is 2.65. The molecule has 0 saturated carbocycles. The predicted molar refractivity (Wildman–Crippen MR) is 104 cm³/mol. The fourth-order valence-corrected chi connectivity index (χ4v) is 5.64. The second-order valence-electron chi connectivity index (χ2n) is 6.02. The van der Waals surface area contributed by atoms with Crippen LogP contribution in [0.5, 0.6) is 0 Å². The summed E-state index contributed by atoms with van der Waals surface area (Å²) in [5.74, 6) is 0.0135. The first-order valence-corrected chi connectivity index (χ1v) is 10.2. The van der Waals surface area contributed by atoms with Crippen molar-refractivity contribution in [2.24, 2.45) is 0 Å². The molecule has 0 fully saturated rings. The molecule has 0 bridgehead atoms.